The summed E-state index contributed by atoms with van der Waals surface area (Å²) in [5.74, 6) is 1.28. The predicted octanol–water partition coefficient (Wildman–Crippen LogP) is 2.12. The molecule has 0 aliphatic carbocycles. The third-order valence-electron chi connectivity index (χ3n) is 4.09. The molecule has 2 N–H and O–H groups in total. The average molecular weight is 355 g/mol. The largest absolute Gasteiger partial charge is 0.454 e. The highest BCUT2D eigenvalue weighted by Crippen LogP contribution is 2.32. The number of hydrogen-bond acceptors (Lipinski definition) is 4. The maximum atomic E-state index is 12.3. The van der Waals surface area contributed by atoms with Gasteiger partial charge in [-0.15, -0.1) is 0 Å². The van der Waals surface area contributed by atoms with Crippen LogP contribution in [0.15, 0.2) is 42.5 Å². The summed E-state index contributed by atoms with van der Waals surface area (Å²) in [4.78, 5) is 25.4. The Labute approximate surface area is 151 Å². The second-order valence-electron chi connectivity index (χ2n) is 5.98. The molecule has 0 unspecified atom stereocenters. The summed E-state index contributed by atoms with van der Waals surface area (Å²) in [6.45, 7) is 1.07. The Hall–Kier alpha value is -3.22. The first-order chi connectivity index (χ1) is 12.6. The summed E-state index contributed by atoms with van der Waals surface area (Å²) < 4.78 is 10.6. The van der Waals surface area contributed by atoms with Gasteiger partial charge < -0.3 is 25.0 Å². The average Bonchev–Trinajstić information content (AvgIpc) is 3.13. The normalized spacial score (nSPS) is 11.8. The highest BCUT2D eigenvalue weighted by atomic mass is 16.7. The van der Waals surface area contributed by atoms with Gasteiger partial charge in [0.1, 0.15) is 0 Å². The Morgan fingerprint density at radius 1 is 1.04 bits per heavy atom. The van der Waals surface area contributed by atoms with Gasteiger partial charge in [0.2, 0.25) is 6.79 Å². The molecule has 3 amide bonds. The van der Waals surface area contributed by atoms with Crippen molar-refractivity contribution in [2.75, 3.05) is 20.9 Å². The molecule has 1 aliphatic heterocycles. The number of hydrogen-bond donors (Lipinski definition) is 2. The smallest absolute Gasteiger partial charge is 0.317 e. The van der Waals surface area contributed by atoms with Gasteiger partial charge in [0.25, 0.3) is 5.91 Å². The highest BCUT2D eigenvalue weighted by molar-refractivity contribution is 5.93. The number of nitrogens with zero attached hydrogens (tertiary/aromatic N) is 1. The Kier molecular flexibility index (Phi) is 5.26. The van der Waals surface area contributed by atoms with Crippen molar-refractivity contribution in [3.05, 3.63) is 59.2 Å². The Morgan fingerprint density at radius 3 is 2.46 bits per heavy atom. The molecule has 26 heavy (non-hydrogen) atoms. The fraction of sp³-hybridized carbons (Fsp3) is 0.263. The van der Waals surface area contributed by atoms with Crippen LogP contribution in [-0.2, 0) is 13.1 Å². The topological polar surface area (TPSA) is 79.9 Å². The zero-order valence-corrected chi connectivity index (χ0v) is 14.7. The fourth-order valence-electron chi connectivity index (χ4n) is 2.62. The molecule has 7 nitrogen and oxygen atoms in total. The predicted molar refractivity (Wildman–Crippen MR) is 96.1 cm³/mol. The van der Waals surface area contributed by atoms with Crippen molar-refractivity contribution in [1.82, 2.24) is 15.5 Å². The van der Waals surface area contributed by atoms with E-state index in [1.165, 1.54) is 0 Å². The van der Waals surface area contributed by atoms with Crippen molar-refractivity contribution < 1.29 is 19.1 Å². The van der Waals surface area contributed by atoms with Gasteiger partial charge in [-0.1, -0.05) is 18.2 Å². The molecule has 0 saturated carbocycles. The van der Waals surface area contributed by atoms with Gasteiger partial charge in [0.15, 0.2) is 11.5 Å². The number of urea groups is 1. The van der Waals surface area contributed by atoms with Crippen LogP contribution in [0.5, 0.6) is 11.5 Å². The first kappa shape index (κ1) is 17.6. The zero-order valence-electron chi connectivity index (χ0n) is 14.7. The highest BCUT2D eigenvalue weighted by Gasteiger charge is 2.14. The minimum atomic E-state index is -0.182. The number of fused-ring (bicyclic) bond motifs is 1. The number of amides is 3. The third kappa shape index (κ3) is 4.05. The molecule has 0 aromatic heterocycles. The molecule has 1 aliphatic rings. The molecule has 2 aromatic carbocycles. The van der Waals surface area contributed by atoms with Gasteiger partial charge in [0, 0.05) is 32.7 Å². The quantitative estimate of drug-likeness (QED) is 0.861. The lowest BCUT2D eigenvalue weighted by Crippen LogP contribution is -2.36. The van der Waals surface area contributed by atoms with Crippen molar-refractivity contribution in [1.29, 1.82) is 0 Å². The monoisotopic (exact) mass is 355 g/mol. The van der Waals surface area contributed by atoms with Crippen molar-refractivity contribution in [3.8, 4) is 11.5 Å². The number of carbonyl (C=O) groups is 2. The fourth-order valence-corrected chi connectivity index (χ4v) is 2.62. The van der Waals surface area contributed by atoms with Crippen molar-refractivity contribution >= 4 is 11.9 Å². The van der Waals surface area contributed by atoms with Gasteiger partial charge in [-0.3, -0.25) is 4.79 Å². The number of carbonyl (C=O) groups excluding carboxylic acids is 2. The summed E-state index contributed by atoms with van der Waals surface area (Å²) in [6.07, 6.45) is 0. The van der Waals surface area contributed by atoms with Gasteiger partial charge in [-0.2, -0.15) is 0 Å². The Morgan fingerprint density at radius 2 is 1.73 bits per heavy atom. The van der Waals surface area contributed by atoms with Gasteiger partial charge in [0.05, 0.1) is 0 Å². The van der Waals surface area contributed by atoms with E-state index >= 15 is 0 Å². The van der Waals surface area contributed by atoms with Crippen LogP contribution < -0.4 is 20.1 Å². The number of benzene rings is 2. The van der Waals surface area contributed by atoms with E-state index in [1.807, 2.05) is 30.3 Å². The van der Waals surface area contributed by atoms with E-state index in [1.54, 1.807) is 31.1 Å². The first-order valence-corrected chi connectivity index (χ1v) is 8.25. The van der Waals surface area contributed by atoms with Crippen LogP contribution in [0.2, 0.25) is 0 Å². The van der Waals surface area contributed by atoms with Crippen molar-refractivity contribution in [2.24, 2.45) is 0 Å². The van der Waals surface area contributed by atoms with Crippen LogP contribution in [0.3, 0.4) is 0 Å². The van der Waals surface area contributed by atoms with Crippen LogP contribution in [0.4, 0.5) is 4.79 Å². The lowest BCUT2D eigenvalue weighted by Gasteiger charge is -2.18. The molecule has 0 spiro atoms. The zero-order chi connectivity index (χ0) is 18.5. The molecule has 2 aromatic rings. The molecule has 7 heteroatoms. The lowest BCUT2D eigenvalue weighted by molar-refractivity contribution is 0.0963. The molecule has 1 heterocycles. The molecule has 3 rings (SSSR count). The second-order valence-corrected chi connectivity index (χ2v) is 5.98. The van der Waals surface area contributed by atoms with E-state index in [2.05, 4.69) is 10.6 Å². The third-order valence-corrected chi connectivity index (χ3v) is 4.09. The summed E-state index contributed by atoms with van der Waals surface area (Å²) in [5, 5.41) is 5.45. The van der Waals surface area contributed by atoms with Gasteiger partial charge in [-0.25, -0.2) is 4.79 Å². The summed E-state index contributed by atoms with van der Waals surface area (Å²) in [6, 6.07) is 12.6. The molecule has 0 saturated heterocycles. The van der Waals surface area contributed by atoms with E-state index in [4.69, 9.17) is 9.47 Å². The Bertz CT molecular complexity index is 805. The second kappa shape index (κ2) is 7.77. The maximum Gasteiger partial charge on any atom is 0.317 e. The van der Waals surface area contributed by atoms with Crippen LogP contribution in [0.1, 0.15) is 21.5 Å². The molecule has 136 valence electrons. The maximum absolute atomic E-state index is 12.3. The standard InChI is InChI=1S/C19H21N3O4/c1-20-18(23)15-6-3-13(4-7-15)11-22(2)19(24)21-10-14-5-8-16-17(9-14)26-12-25-16/h3-9H,10-12H2,1-2H3,(H,20,23)(H,21,24). The minimum Gasteiger partial charge on any atom is -0.454 e. The van der Waals surface area contributed by atoms with E-state index in [0.717, 1.165) is 16.9 Å². The van der Waals surface area contributed by atoms with Crippen LogP contribution in [0.25, 0.3) is 0 Å². The minimum absolute atomic E-state index is 0.133. The lowest BCUT2D eigenvalue weighted by atomic mass is 10.1. The summed E-state index contributed by atoms with van der Waals surface area (Å²) in [5.41, 5.74) is 2.47. The molecule has 0 atom stereocenters. The van der Waals surface area contributed by atoms with Crippen molar-refractivity contribution in [2.45, 2.75) is 13.1 Å². The summed E-state index contributed by atoms with van der Waals surface area (Å²) >= 11 is 0. The van der Waals surface area contributed by atoms with Crippen molar-refractivity contribution in [3.63, 3.8) is 0 Å². The van der Waals surface area contributed by atoms with Crippen LogP contribution in [-0.4, -0.2) is 37.7 Å². The molecule has 0 bridgehead atoms. The SMILES string of the molecule is CNC(=O)c1ccc(CN(C)C(=O)NCc2ccc3c(c2)OCO3)cc1. The van der Waals surface area contributed by atoms with E-state index in [9.17, 15) is 9.59 Å². The van der Waals surface area contributed by atoms with E-state index in [0.29, 0.717) is 24.4 Å². The number of rotatable bonds is 5. The number of nitrogens with one attached hydrogen (secondary N) is 2. The van der Waals surface area contributed by atoms with Gasteiger partial charge >= 0.3 is 6.03 Å². The van der Waals surface area contributed by atoms with E-state index in [-0.39, 0.29) is 18.7 Å². The van der Waals surface area contributed by atoms with Crippen LogP contribution >= 0.6 is 0 Å². The Balaban J connectivity index is 1.52. The molecule has 0 radical (unpaired) electrons. The van der Waals surface area contributed by atoms with Crippen LogP contribution in [0, 0.1) is 0 Å². The number of ether oxygens (including phenoxy) is 2. The molecular weight excluding hydrogens is 334 g/mol. The molecular formula is C19H21N3O4. The summed E-state index contributed by atoms with van der Waals surface area (Å²) in [7, 11) is 3.32. The van der Waals surface area contributed by atoms with E-state index < -0.39 is 0 Å². The van der Waals surface area contributed by atoms with Gasteiger partial charge in [-0.05, 0) is 35.4 Å². The first-order valence-electron chi connectivity index (χ1n) is 8.25. The molecule has 0 fully saturated rings.